The number of thioether (sulfide) groups is 1. The van der Waals surface area contributed by atoms with Gasteiger partial charge in [-0.15, -0.1) is 0 Å². The van der Waals surface area contributed by atoms with Gasteiger partial charge in [-0.1, -0.05) is 42.2 Å². The van der Waals surface area contributed by atoms with Crippen LogP contribution in [-0.4, -0.2) is 33.0 Å². The molecule has 0 spiro atoms. The normalized spacial score (nSPS) is 15.5. The first-order valence-electron chi connectivity index (χ1n) is 7.46. The van der Waals surface area contributed by atoms with Crippen molar-refractivity contribution < 1.29 is 24.5 Å². The Kier molecular flexibility index (Phi) is 5.24. The van der Waals surface area contributed by atoms with Crippen LogP contribution in [0.3, 0.4) is 0 Å². The number of carboxylic acid groups (broad SMARTS) is 1. The maximum atomic E-state index is 12.7. The molecule has 1 amide bonds. The summed E-state index contributed by atoms with van der Waals surface area (Å²) < 4.78 is 5.45. The average molecular weight is 387 g/mol. The first-order valence-corrected chi connectivity index (χ1v) is 8.68. The zero-order valence-electron chi connectivity index (χ0n) is 13.3. The SMILES string of the molecule is O=C(O)COc1ccc(C=C2SC(=S)N(c3cccc(O)c3)C2=O)cc1. The van der Waals surface area contributed by atoms with Crippen molar-refractivity contribution in [2.45, 2.75) is 0 Å². The number of hydrogen-bond donors (Lipinski definition) is 2. The van der Waals surface area contributed by atoms with Crippen LogP contribution in [0.4, 0.5) is 5.69 Å². The van der Waals surface area contributed by atoms with Crippen LogP contribution in [0.2, 0.25) is 0 Å². The Morgan fingerprint density at radius 1 is 1.23 bits per heavy atom. The van der Waals surface area contributed by atoms with Crippen molar-refractivity contribution in [3.8, 4) is 11.5 Å². The molecule has 1 aliphatic rings. The maximum Gasteiger partial charge on any atom is 0.341 e. The van der Waals surface area contributed by atoms with E-state index in [1.165, 1.54) is 28.8 Å². The third-order valence-corrected chi connectivity index (χ3v) is 4.72. The van der Waals surface area contributed by atoms with Crippen LogP contribution < -0.4 is 9.64 Å². The topological polar surface area (TPSA) is 87.1 Å². The molecule has 2 N–H and O–H groups in total. The van der Waals surface area contributed by atoms with E-state index in [-0.39, 0.29) is 11.7 Å². The lowest BCUT2D eigenvalue weighted by molar-refractivity contribution is -0.139. The number of carbonyl (C=O) groups excluding carboxylic acids is 1. The minimum absolute atomic E-state index is 0.0532. The molecule has 1 fully saturated rings. The van der Waals surface area contributed by atoms with E-state index in [4.69, 9.17) is 22.1 Å². The quantitative estimate of drug-likeness (QED) is 0.601. The van der Waals surface area contributed by atoms with Crippen LogP contribution in [-0.2, 0) is 9.59 Å². The number of rotatable bonds is 5. The van der Waals surface area contributed by atoms with Gasteiger partial charge in [-0.2, -0.15) is 0 Å². The highest BCUT2D eigenvalue weighted by molar-refractivity contribution is 8.27. The maximum absolute atomic E-state index is 12.7. The molecule has 1 aliphatic heterocycles. The van der Waals surface area contributed by atoms with Crippen LogP contribution in [0, 0.1) is 0 Å². The molecule has 0 atom stereocenters. The third kappa shape index (κ3) is 4.04. The van der Waals surface area contributed by atoms with Crippen molar-refractivity contribution in [1.82, 2.24) is 0 Å². The van der Waals surface area contributed by atoms with E-state index >= 15 is 0 Å². The molecule has 1 heterocycles. The molecule has 0 aromatic heterocycles. The Balaban J connectivity index is 1.78. The monoisotopic (exact) mass is 387 g/mol. The zero-order valence-corrected chi connectivity index (χ0v) is 14.9. The van der Waals surface area contributed by atoms with Gasteiger partial charge in [0, 0.05) is 6.07 Å². The lowest BCUT2D eigenvalue weighted by atomic mass is 10.2. The standard InChI is InChI=1S/C18H13NO5S2/c20-13-3-1-2-12(9-13)19-17(23)15(26-18(19)25)8-11-4-6-14(7-5-11)24-10-16(21)22/h1-9,20H,10H2,(H,21,22). The number of hydrogen-bond acceptors (Lipinski definition) is 6. The second-order valence-corrected chi connectivity index (χ2v) is 6.96. The van der Waals surface area contributed by atoms with Crippen LogP contribution in [0.1, 0.15) is 5.56 Å². The van der Waals surface area contributed by atoms with E-state index in [2.05, 4.69) is 0 Å². The van der Waals surface area contributed by atoms with Crippen molar-refractivity contribution in [2.24, 2.45) is 0 Å². The zero-order chi connectivity index (χ0) is 18.7. The second kappa shape index (κ2) is 7.59. The molecule has 1 saturated heterocycles. The van der Waals surface area contributed by atoms with Crippen molar-refractivity contribution in [1.29, 1.82) is 0 Å². The molecule has 2 aromatic rings. The number of phenolic OH excluding ortho intramolecular Hbond substituents is 1. The number of thiocarbonyl (C=S) groups is 1. The van der Waals surface area contributed by atoms with Gasteiger partial charge in [0.05, 0.1) is 10.6 Å². The van der Waals surface area contributed by atoms with Gasteiger partial charge >= 0.3 is 5.97 Å². The molecule has 0 saturated carbocycles. The fourth-order valence-electron chi connectivity index (χ4n) is 2.28. The Labute approximate surface area is 158 Å². The summed E-state index contributed by atoms with van der Waals surface area (Å²) in [6.45, 7) is -0.415. The van der Waals surface area contributed by atoms with Crippen molar-refractivity contribution in [3.05, 3.63) is 59.0 Å². The molecular formula is C18H13NO5S2. The van der Waals surface area contributed by atoms with Gasteiger partial charge in [0.2, 0.25) is 0 Å². The molecule has 6 nitrogen and oxygen atoms in total. The molecular weight excluding hydrogens is 374 g/mol. The van der Waals surface area contributed by atoms with Crippen LogP contribution >= 0.6 is 24.0 Å². The lowest BCUT2D eigenvalue weighted by Crippen LogP contribution is -2.27. The minimum atomic E-state index is -1.05. The predicted molar refractivity (Wildman–Crippen MR) is 103 cm³/mol. The van der Waals surface area contributed by atoms with Gasteiger partial charge in [0.25, 0.3) is 5.91 Å². The summed E-state index contributed by atoms with van der Waals surface area (Å²) in [6.07, 6.45) is 1.70. The highest BCUT2D eigenvalue weighted by Crippen LogP contribution is 2.36. The summed E-state index contributed by atoms with van der Waals surface area (Å²) in [4.78, 5) is 25.0. The minimum Gasteiger partial charge on any atom is -0.508 e. The van der Waals surface area contributed by atoms with E-state index in [9.17, 15) is 14.7 Å². The van der Waals surface area contributed by atoms with Crippen molar-refractivity contribution in [2.75, 3.05) is 11.5 Å². The average Bonchev–Trinajstić information content (AvgIpc) is 2.88. The highest BCUT2D eigenvalue weighted by Gasteiger charge is 2.33. The Hall–Kier alpha value is -2.84. The number of carboxylic acids is 1. The number of phenols is 1. The smallest absolute Gasteiger partial charge is 0.341 e. The van der Waals surface area contributed by atoms with E-state index in [1.807, 2.05) is 0 Å². The van der Waals surface area contributed by atoms with Gasteiger partial charge < -0.3 is 14.9 Å². The Morgan fingerprint density at radius 3 is 2.62 bits per heavy atom. The molecule has 8 heteroatoms. The molecule has 132 valence electrons. The van der Waals surface area contributed by atoms with Crippen molar-refractivity contribution >= 4 is 51.9 Å². The van der Waals surface area contributed by atoms with Crippen LogP contribution in [0.15, 0.2) is 53.4 Å². The van der Waals surface area contributed by atoms with Gasteiger partial charge in [0.15, 0.2) is 10.9 Å². The highest BCUT2D eigenvalue weighted by atomic mass is 32.2. The summed E-state index contributed by atoms with van der Waals surface area (Å²) in [7, 11) is 0. The fraction of sp³-hybridized carbons (Fsp3) is 0.0556. The molecule has 0 bridgehead atoms. The Morgan fingerprint density at radius 2 is 1.96 bits per heavy atom. The first kappa shape index (κ1) is 18.0. The number of benzene rings is 2. The number of aliphatic carboxylic acids is 1. The first-order chi connectivity index (χ1) is 12.4. The molecule has 0 radical (unpaired) electrons. The largest absolute Gasteiger partial charge is 0.508 e. The summed E-state index contributed by atoms with van der Waals surface area (Å²) in [5.74, 6) is -0.837. The van der Waals surface area contributed by atoms with E-state index in [0.29, 0.717) is 20.7 Å². The molecule has 26 heavy (non-hydrogen) atoms. The van der Waals surface area contributed by atoms with E-state index in [0.717, 1.165) is 5.56 Å². The number of carbonyl (C=O) groups is 2. The van der Waals surface area contributed by atoms with Gasteiger partial charge in [-0.25, -0.2) is 4.79 Å². The van der Waals surface area contributed by atoms with Crippen molar-refractivity contribution in [3.63, 3.8) is 0 Å². The molecule has 2 aromatic carbocycles. The van der Waals surface area contributed by atoms with Gasteiger partial charge in [-0.05, 0) is 35.9 Å². The second-order valence-electron chi connectivity index (χ2n) is 5.29. The van der Waals surface area contributed by atoms with Crippen LogP contribution in [0.5, 0.6) is 11.5 Å². The number of nitrogens with zero attached hydrogens (tertiary/aromatic N) is 1. The molecule has 0 aliphatic carbocycles. The number of amides is 1. The number of ether oxygens (including phenoxy) is 1. The van der Waals surface area contributed by atoms with Crippen LogP contribution in [0.25, 0.3) is 6.08 Å². The van der Waals surface area contributed by atoms with Gasteiger partial charge in [-0.3, -0.25) is 9.69 Å². The summed E-state index contributed by atoms with van der Waals surface area (Å²) in [5.41, 5.74) is 1.26. The molecule has 0 unspecified atom stereocenters. The van der Waals surface area contributed by atoms with Gasteiger partial charge in [0.1, 0.15) is 11.5 Å². The molecule has 3 rings (SSSR count). The summed E-state index contributed by atoms with van der Waals surface area (Å²) in [6, 6.07) is 13.0. The van der Waals surface area contributed by atoms with E-state index in [1.54, 1.807) is 42.5 Å². The lowest BCUT2D eigenvalue weighted by Gasteiger charge is -2.14. The number of anilines is 1. The van der Waals surface area contributed by atoms with E-state index < -0.39 is 12.6 Å². The fourth-order valence-corrected chi connectivity index (χ4v) is 3.58. The summed E-state index contributed by atoms with van der Waals surface area (Å²) >= 11 is 6.46. The number of aromatic hydroxyl groups is 1. The Bertz CT molecular complexity index is 908. The summed E-state index contributed by atoms with van der Waals surface area (Å²) in [5, 5.41) is 18.2. The predicted octanol–water partition coefficient (Wildman–Crippen LogP) is 3.26. The third-order valence-electron chi connectivity index (χ3n) is 3.42.